The number of Topliss-reactive ketones (excluding diaryl/α,β-unsaturated/α-hetero) is 1. The van der Waals surface area contributed by atoms with Crippen molar-refractivity contribution in [2.45, 2.75) is 39.3 Å². The number of benzene rings is 1. The summed E-state index contributed by atoms with van der Waals surface area (Å²) in [6, 6.07) is 5.91. The van der Waals surface area contributed by atoms with Gasteiger partial charge < -0.3 is 5.32 Å². The van der Waals surface area contributed by atoms with Crippen molar-refractivity contribution >= 4 is 45.7 Å². The summed E-state index contributed by atoms with van der Waals surface area (Å²) in [5.41, 5.74) is 1.32. The maximum absolute atomic E-state index is 13.1. The summed E-state index contributed by atoms with van der Waals surface area (Å²) >= 11 is 1.24. The van der Waals surface area contributed by atoms with Crippen LogP contribution in [0.2, 0.25) is 0 Å². The van der Waals surface area contributed by atoms with Gasteiger partial charge >= 0.3 is 0 Å². The van der Waals surface area contributed by atoms with E-state index in [1.165, 1.54) is 15.9 Å². The molecule has 0 radical (unpaired) electrons. The molecule has 3 aromatic rings. The molecule has 0 spiro atoms. The molecule has 4 rings (SSSR count). The minimum absolute atomic E-state index is 0.0406. The zero-order chi connectivity index (χ0) is 23.0. The number of aryl methyl sites for hydroxylation is 2. The molecule has 1 saturated heterocycles. The molecule has 32 heavy (non-hydrogen) atoms. The number of thiophene rings is 1. The Kier molecular flexibility index (Phi) is 5.70. The van der Waals surface area contributed by atoms with Crippen molar-refractivity contribution in [3.05, 3.63) is 61.8 Å². The normalized spacial score (nSPS) is 16.1. The number of hydrogen-bond acceptors (Lipinski definition) is 7. The number of rotatable bonds is 5. The number of carbonyl (C=O) groups excluding carboxylic acids is 4. The van der Waals surface area contributed by atoms with E-state index >= 15 is 0 Å². The van der Waals surface area contributed by atoms with Crippen molar-refractivity contribution in [3.63, 3.8) is 0 Å². The summed E-state index contributed by atoms with van der Waals surface area (Å²) < 4.78 is 1.31. The first-order chi connectivity index (χ1) is 15.3. The Hall–Kier alpha value is -3.66. The minimum Gasteiger partial charge on any atom is -0.344 e. The number of fused-ring (bicyclic) bond motifs is 1. The van der Waals surface area contributed by atoms with E-state index in [2.05, 4.69) is 15.6 Å². The maximum atomic E-state index is 13.1. The topological polar surface area (TPSA) is 127 Å². The SMILES string of the molecule is Cc1ccc(C(=O)C(=O)NCc2scc3c(=O)n(C4CCC(=O)NC4=O)c(C)nc23)cc1. The smallest absolute Gasteiger partial charge is 0.292 e. The Morgan fingerprint density at radius 1 is 1.19 bits per heavy atom. The lowest BCUT2D eigenvalue weighted by molar-refractivity contribution is -0.135. The average Bonchev–Trinajstić information content (AvgIpc) is 3.16. The molecule has 1 unspecified atom stereocenters. The first kappa shape index (κ1) is 21.6. The van der Waals surface area contributed by atoms with Crippen molar-refractivity contribution < 1.29 is 19.2 Å². The largest absolute Gasteiger partial charge is 0.344 e. The van der Waals surface area contributed by atoms with Crippen molar-refractivity contribution in [2.75, 3.05) is 0 Å². The van der Waals surface area contributed by atoms with Gasteiger partial charge in [-0.05, 0) is 20.3 Å². The van der Waals surface area contributed by atoms with Gasteiger partial charge in [-0.2, -0.15) is 0 Å². The molecular weight excluding hydrogens is 432 g/mol. The third kappa shape index (κ3) is 3.96. The van der Waals surface area contributed by atoms with Gasteiger partial charge in [0.05, 0.1) is 22.3 Å². The molecule has 10 heteroatoms. The quantitative estimate of drug-likeness (QED) is 0.344. The third-order valence-electron chi connectivity index (χ3n) is 5.36. The van der Waals surface area contributed by atoms with Crippen LogP contribution in [0.15, 0.2) is 34.4 Å². The summed E-state index contributed by atoms with van der Waals surface area (Å²) in [7, 11) is 0. The summed E-state index contributed by atoms with van der Waals surface area (Å²) in [6.07, 6.45) is 0.378. The molecule has 3 amide bonds. The second kappa shape index (κ2) is 8.46. The van der Waals surface area contributed by atoms with Crippen LogP contribution in [-0.2, 0) is 20.9 Å². The van der Waals surface area contributed by atoms with Gasteiger partial charge in [-0.3, -0.25) is 33.9 Å². The lowest BCUT2D eigenvalue weighted by Crippen LogP contribution is -2.45. The lowest BCUT2D eigenvalue weighted by Gasteiger charge is -2.24. The summed E-state index contributed by atoms with van der Waals surface area (Å²) in [5.74, 6) is -1.94. The molecule has 164 valence electrons. The average molecular weight is 452 g/mol. The molecule has 0 bridgehead atoms. The van der Waals surface area contributed by atoms with Gasteiger partial charge in [-0.25, -0.2) is 4.98 Å². The number of ketones is 1. The number of nitrogens with zero attached hydrogens (tertiary/aromatic N) is 2. The van der Waals surface area contributed by atoms with Crippen LogP contribution in [0.4, 0.5) is 0 Å². The number of aromatic nitrogens is 2. The maximum Gasteiger partial charge on any atom is 0.292 e. The summed E-state index contributed by atoms with van der Waals surface area (Å²) in [5, 5.41) is 6.78. The highest BCUT2D eigenvalue weighted by molar-refractivity contribution is 7.11. The standard InChI is InChI=1S/C22H20N4O5S/c1-11-3-5-13(6-4-11)19(28)21(30)23-9-16-18-14(10-32-16)22(31)26(12(2)24-18)15-7-8-17(27)25-20(15)29/h3-6,10,15H,7-9H2,1-2H3,(H,23,30)(H,25,27,29). The molecule has 9 nitrogen and oxygen atoms in total. The second-order valence-corrected chi connectivity index (χ2v) is 8.56. The fourth-order valence-electron chi connectivity index (χ4n) is 3.66. The molecule has 1 atom stereocenters. The highest BCUT2D eigenvalue weighted by atomic mass is 32.1. The van der Waals surface area contributed by atoms with E-state index in [0.717, 1.165) is 5.56 Å². The number of imide groups is 1. The summed E-state index contributed by atoms with van der Waals surface area (Å²) in [4.78, 5) is 66.5. The van der Waals surface area contributed by atoms with Gasteiger partial charge in [0, 0.05) is 17.4 Å². The minimum atomic E-state index is -0.799. The fraction of sp³-hybridized carbons (Fsp3) is 0.273. The first-order valence-corrected chi connectivity index (χ1v) is 10.9. The number of piperidine rings is 1. The Morgan fingerprint density at radius 3 is 2.59 bits per heavy atom. The molecule has 3 heterocycles. The zero-order valence-electron chi connectivity index (χ0n) is 17.4. The van der Waals surface area contributed by atoms with Gasteiger partial charge in [-0.1, -0.05) is 29.8 Å². The van der Waals surface area contributed by atoms with Crippen LogP contribution in [0.1, 0.15) is 45.5 Å². The van der Waals surface area contributed by atoms with E-state index in [-0.39, 0.29) is 30.9 Å². The number of hydrogen-bond donors (Lipinski definition) is 2. The lowest BCUT2D eigenvalue weighted by atomic mass is 10.1. The van der Waals surface area contributed by atoms with Crippen molar-refractivity contribution in [3.8, 4) is 0 Å². The Balaban J connectivity index is 1.56. The van der Waals surface area contributed by atoms with E-state index in [4.69, 9.17) is 0 Å². The number of nitrogens with one attached hydrogen (secondary N) is 2. The second-order valence-electron chi connectivity index (χ2n) is 7.60. The predicted molar refractivity (Wildman–Crippen MR) is 117 cm³/mol. The van der Waals surface area contributed by atoms with E-state index in [1.54, 1.807) is 36.6 Å². The molecule has 1 aliphatic heterocycles. The van der Waals surface area contributed by atoms with Gasteiger partial charge in [-0.15, -0.1) is 11.3 Å². The van der Waals surface area contributed by atoms with E-state index in [9.17, 15) is 24.0 Å². The molecule has 1 aromatic carbocycles. The first-order valence-electron chi connectivity index (χ1n) is 9.98. The Labute approximate surface area is 186 Å². The van der Waals surface area contributed by atoms with Gasteiger partial charge in [0.25, 0.3) is 11.5 Å². The third-order valence-corrected chi connectivity index (χ3v) is 6.34. The van der Waals surface area contributed by atoms with Crippen LogP contribution in [-0.4, -0.2) is 33.1 Å². The fourth-order valence-corrected chi connectivity index (χ4v) is 4.55. The predicted octanol–water partition coefficient (Wildman–Crippen LogP) is 1.55. The summed E-state index contributed by atoms with van der Waals surface area (Å²) in [6.45, 7) is 3.55. The van der Waals surface area contributed by atoms with E-state index < -0.39 is 23.6 Å². The van der Waals surface area contributed by atoms with E-state index in [1.807, 2.05) is 6.92 Å². The zero-order valence-corrected chi connectivity index (χ0v) is 18.2. The van der Waals surface area contributed by atoms with Crippen molar-refractivity contribution in [2.24, 2.45) is 0 Å². The van der Waals surface area contributed by atoms with Crippen molar-refractivity contribution in [1.29, 1.82) is 0 Å². The van der Waals surface area contributed by atoms with Crippen molar-refractivity contribution in [1.82, 2.24) is 20.2 Å². The molecule has 1 fully saturated rings. The highest BCUT2D eigenvalue weighted by Crippen LogP contribution is 2.25. The van der Waals surface area contributed by atoms with Crippen LogP contribution in [0.3, 0.4) is 0 Å². The molecule has 2 N–H and O–H groups in total. The van der Waals surface area contributed by atoms with Crippen LogP contribution in [0.25, 0.3) is 10.9 Å². The molecular formula is C22H20N4O5S. The molecule has 0 saturated carbocycles. The van der Waals surface area contributed by atoms with E-state index in [0.29, 0.717) is 27.2 Å². The van der Waals surface area contributed by atoms with Crippen LogP contribution >= 0.6 is 11.3 Å². The van der Waals surface area contributed by atoms with Gasteiger partial charge in [0.15, 0.2) is 0 Å². The van der Waals surface area contributed by atoms with Gasteiger partial charge in [0.1, 0.15) is 11.9 Å². The van der Waals surface area contributed by atoms with Crippen LogP contribution in [0, 0.1) is 13.8 Å². The molecule has 0 aliphatic carbocycles. The Bertz CT molecular complexity index is 1320. The van der Waals surface area contributed by atoms with Crippen LogP contribution in [0.5, 0.6) is 0 Å². The molecule has 1 aliphatic rings. The molecule has 2 aromatic heterocycles. The Morgan fingerprint density at radius 2 is 1.91 bits per heavy atom. The van der Waals surface area contributed by atoms with Crippen LogP contribution < -0.4 is 16.2 Å². The monoisotopic (exact) mass is 452 g/mol. The number of carbonyl (C=O) groups is 4. The van der Waals surface area contributed by atoms with Gasteiger partial charge in [0.2, 0.25) is 17.6 Å². The number of amides is 3. The highest BCUT2D eigenvalue weighted by Gasteiger charge is 2.31.